The number of nitrogens with one attached hydrogen (secondary N) is 2. The standard InChI is InChI=1S/C24H33N3O3/c1-25-24(26-14-5-15-29-19-21-12-16-28-17-13-21)27-18-20-8-10-23(11-9-20)30-22-6-3-2-4-7-22/h2-4,6-11,21H,5,12-19H2,1H3,(H2,25,26,27). The van der Waals surface area contributed by atoms with Gasteiger partial charge in [0.2, 0.25) is 0 Å². The molecular formula is C24H33N3O3. The Bertz CT molecular complexity index is 744. The minimum Gasteiger partial charge on any atom is -0.457 e. The zero-order chi connectivity index (χ0) is 20.9. The van der Waals surface area contributed by atoms with Gasteiger partial charge in [0.1, 0.15) is 11.5 Å². The lowest BCUT2D eigenvalue weighted by atomic mass is 10.0. The zero-order valence-corrected chi connectivity index (χ0v) is 17.8. The van der Waals surface area contributed by atoms with Gasteiger partial charge in [0.05, 0.1) is 0 Å². The van der Waals surface area contributed by atoms with Crippen LogP contribution in [0.5, 0.6) is 11.5 Å². The molecule has 0 amide bonds. The molecular weight excluding hydrogens is 378 g/mol. The van der Waals surface area contributed by atoms with E-state index in [9.17, 15) is 0 Å². The lowest BCUT2D eigenvalue weighted by molar-refractivity contribution is 0.0203. The molecule has 1 aliphatic heterocycles. The van der Waals surface area contributed by atoms with Crippen LogP contribution in [0.1, 0.15) is 24.8 Å². The summed E-state index contributed by atoms with van der Waals surface area (Å²) in [4.78, 5) is 4.28. The van der Waals surface area contributed by atoms with Crippen molar-refractivity contribution < 1.29 is 14.2 Å². The summed E-state index contributed by atoms with van der Waals surface area (Å²) < 4.78 is 17.0. The average Bonchev–Trinajstić information content (AvgIpc) is 2.80. The Balaban J connectivity index is 1.29. The van der Waals surface area contributed by atoms with Crippen molar-refractivity contribution in [3.63, 3.8) is 0 Å². The number of ether oxygens (including phenoxy) is 3. The van der Waals surface area contributed by atoms with Gasteiger partial charge in [-0.3, -0.25) is 4.99 Å². The van der Waals surface area contributed by atoms with Crippen LogP contribution in [0.3, 0.4) is 0 Å². The Morgan fingerprint density at radius 2 is 1.73 bits per heavy atom. The molecule has 0 atom stereocenters. The number of hydrogen-bond donors (Lipinski definition) is 2. The number of nitrogens with zero attached hydrogens (tertiary/aromatic N) is 1. The Morgan fingerprint density at radius 3 is 2.47 bits per heavy atom. The molecule has 1 aliphatic rings. The topological polar surface area (TPSA) is 64.1 Å². The average molecular weight is 412 g/mol. The molecule has 1 saturated heterocycles. The molecule has 30 heavy (non-hydrogen) atoms. The lowest BCUT2D eigenvalue weighted by Gasteiger charge is -2.21. The van der Waals surface area contributed by atoms with E-state index in [4.69, 9.17) is 14.2 Å². The van der Waals surface area contributed by atoms with Crippen LogP contribution >= 0.6 is 0 Å². The van der Waals surface area contributed by atoms with Crippen molar-refractivity contribution in [1.82, 2.24) is 10.6 Å². The fraction of sp³-hybridized carbons (Fsp3) is 0.458. The van der Waals surface area contributed by atoms with Gasteiger partial charge in [-0.1, -0.05) is 30.3 Å². The highest BCUT2D eigenvalue weighted by Gasteiger charge is 2.13. The molecule has 3 rings (SSSR count). The molecule has 0 aliphatic carbocycles. The Hall–Kier alpha value is -2.57. The first-order chi connectivity index (χ1) is 14.8. The predicted molar refractivity (Wildman–Crippen MR) is 120 cm³/mol. The van der Waals surface area contributed by atoms with E-state index in [1.807, 2.05) is 42.5 Å². The maximum Gasteiger partial charge on any atom is 0.191 e. The summed E-state index contributed by atoms with van der Waals surface area (Å²) in [6.07, 6.45) is 3.19. The predicted octanol–water partition coefficient (Wildman–Crippen LogP) is 3.98. The number of rotatable bonds is 10. The van der Waals surface area contributed by atoms with Gasteiger partial charge < -0.3 is 24.8 Å². The minimum absolute atomic E-state index is 0.658. The van der Waals surface area contributed by atoms with Crippen LogP contribution in [0, 0.1) is 5.92 Å². The monoisotopic (exact) mass is 411 g/mol. The smallest absolute Gasteiger partial charge is 0.191 e. The Morgan fingerprint density at radius 1 is 1.00 bits per heavy atom. The molecule has 0 spiro atoms. The summed E-state index contributed by atoms with van der Waals surface area (Å²) in [5.41, 5.74) is 1.16. The third kappa shape index (κ3) is 8.05. The van der Waals surface area contributed by atoms with Crippen molar-refractivity contribution in [2.45, 2.75) is 25.8 Å². The maximum atomic E-state index is 5.83. The highest BCUT2D eigenvalue weighted by atomic mass is 16.5. The largest absolute Gasteiger partial charge is 0.457 e. The summed E-state index contributed by atoms with van der Waals surface area (Å²) in [6, 6.07) is 17.9. The summed E-state index contributed by atoms with van der Waals surface area (Å²) in [5, 5.41) is 6.68. The number of aliphatic imine (C=N–C) groups is 1. The van der Waals surface area contributed by atoms with Gasteiger partial charge in [-0.25, -0.2) is 0 Å². The van der Waals surface area contributed by atoms with Crippen LogP contribution in [0.25, 0.3) is 0 Å². The molecule has 6 nitrogen and oxygen atoms in total. The first-order valence-electron chi connectivity index (χ1n) is 10.8. The van der Waals surface area contributed by atoms with E-state index in [1.54, 1.807) is 7.05 Å². The van der Waals surface area contributed by atoms with Crippen LogP contribution in [0.15, 0.2) is 59.6 Å². The molecule has 0 aromatic heterocycles. The number of benzene rings is 2. The van der Waals surface area contributed by atoms with Crippen molar-refractivity contribution in [2.75, 3.05) is 40.0 Å². The van der Waals surface area contributed by atoms with Crippen molar-refractivity contribution >= 4 is 5.96 Å². The third-order valence-electron chi connectivity index (χ3n) is 5.04. The van der Waals surface area contributed by atoms with E-state index in [1.165, 1.54) is 0 Å². The van der Waals surface area contributed by atoms with Gasteiger partial charge in [-0.15, -0.1) is 0 Å². The van der Waals surface area contributed by atoms with Crippen LogP contribution in [-0.2, 0) is 16.0 Å². The molecule has 162 valence electrons. The molecule has 2 aromatic rings. The second kappa shape index (κ2) is 12.9. The second-order valence-corrected chi connectivity index (χ2v) is 7.40. The van der Waals surface area contributed by atoms with Crippen LogP contribution in [0.2, 0.25) is 0 Å². The molecule has 0 saturated carbocycles. The van der Waals surface area contributed by atoms with Gasteiger partial charge in [0.25, 0.3) is 0 Å². The van der Waals surface area contributed by atoms with Crippen molar-refractivity contribution in [1.29, 1.82) is 0 Å². The van der Waals surface area contributed by atoms with E-state index in [0.29, 0.717) is 12.5 Å². The van der Waals surface area contributed by atoms with E-state index in [-0.39, 0.29) is 0 Å². The van der Waals surface area contributed by atoms with Gasteiger partial charge >= 0.3 is 0 Å². The Labute approximate surface area is 179 Å². The molecule has 1 fully saturated rings. The van der Waals surface area contributed by atoms with E-state index in [0.717, 1.165) is 75.3 Å². The van der Waals surface area contributed by atoms with Gasteiger partial charge in [0, 0.05) is 46.6 Å². The summed E-state index contributed by atoms with van der Waals surface area (Å²) in [6.45, 7) is 4.90. The third-order valence-corrected chi connectivity index (χ3v) is 5.04. The number of para-hydroxylation sites is 1. The van der Waals surface area contributed by atoms with E-state index >= 15 is 0 Å². The first kappa shape index (κ1) is 22.1. The molecule has 0 radical (unpaired) electrons. The van der Waals surface area contributed by atoms with Crippen molar-refractivity contribution in [2.24, 2.45) is 10.9 Å². The highest BCUT2D eigenvalue weighted by Crippen LogP contribution is 2.21. The van der Waals surface area contributed by atoms with Gasteiger partial charge in [-0.2, -0.15) is 0 Å². The zero-order valence-electron chi connectivity index (χ0n) is 17.8. The fourth-order valence-corrected chi connectivity index (χ4v) is 3.25. The van der Waals surface area contributed by atoms with Crippen molar-refractivity contribution in [3.8, 4) is 11.5 Å². The van der Waals surface area contributed by atoms with E-state index < -0.39 is 0 Å². The highest BCUT2D eigenvalue weighted by molar-refractivity contribution is 5.79. The number of guanidine groups is 1. The molecule has 2 aromatic carbocycles. The van der Waals surface area contributed by atoms with Gasteiger partial charge in [-0.05, 0) is 55.0 Å². The molecule has 2 N–H and O–H groups in total. The molecule has 6 heteroatoms. The van der Waals surface area contributed by atoms with Gasteiger partial charge in [0.15, 0.2) is 5.96 Å². The van der Waals surface area contributed by atoms with Crippen LogP contribution in [0.4, 0.5) is 0 Å². The first-order valence-corrected chi connectivity index (χ1v) is 10.8. The van der Waals surface area contributed by atoms with E-state index in [2.05, 4.69) is 27.8 Å². The van der Waals surface area contributed by atoms with Crippen LogP contribution < -0.4 is 15.4 Å². The Kier molecular flexibility index (Phi) is 9.50. The quantitative estimate of drug-likeness (QED) is 0.352. The lowest BCUT2D eigenvalue weighted by Crippen LogP contribution is -2.37. The van der Waals surface area contributed by atoms with Crippen LogP contribution in [-0.4, -0.2) is 46.0 Å². The normalized spacial score (nSPS) is 15.0. The molecule has 1 heterocycles. The minimum atomic E-state index is 0.658. The fourth-order valence-electron chi connectivity index (χ4n) is 3.25. The SMILES string of the molecule is CN=C(NCCCOCC1CCOCC1)NCc1ccc(Oc2ccccc2)cc1. The summed E-state index contributed by atoms with van der Waals surface area (Å²) in [7, 11) is 1.79. The molecule has 0 unspecified atom stereocenters. The molecule has 0 bridgehead atoms. The second-order valence-electron chi connectivity index (χ2n) is 7.40. The summed E-state index contributed by atoms with van der Waals surface area (Å²) >= 11 is 0. The summed E-state index contributed by atoms with van der Waals surface area (Å²) in [5.74, 6) is 3.12. The van der Waals surface area contributed by atoms with Crippen molar-refractivity contribution in [3.05, 3.63) is 60.2 Å². The maximum absolute atomic E-state index is 5.83. The number of hydrogen-bond acceptors (Lipinski definition) is 4.